The molecule has 1 N–H and O–H groups in total. The van der Waals surface area contributed by atoms with Crippen LogP contribution in [0.2, 0.25) is 0 Å². The molecule has 3 aromatic rings. The van der Waals surface area contributed by atoms with Gasteiger partial charge in [0.25, 0.3) is 0 Å². The summed E-state index contributed by atoms with van der Waals surface area (Å²) in [7, 11) is 0. The van der Waals surface area contributed by atoms with Gasteiger partial charge < -0.3 is 5.11 Å². The second-order valence-electron chi connectivity index (χ2n) is 10.00. The van der Waals surface area contributed by atoms with Gasteiger partial charge in [-0.1, -0.05) is 87.9 Å². The van der Waals surface area contributed by atoms with Crippen LogP contribution in [0.3, 0.4) is 0 Å². The van der Waals surface area contributed by atoms with Crippen LogP contribution in [0.4, 0.5) is 0 Å². The summed E-state index contributed by atoms with van der Waals surface area (Å²) >= 11 is 0. The lowest BCUT2D eigenvalue weighted by molar-refractivity contribution is 0.0697. The second-order valence-corrected chi connectivity index (χ2v) is 10.00. The van der Waals surface area contributed by atoms with Crippen LogP contribution < -0.4 is 5.69 Å². The van der Waals surface area contributed by atoms with E-state index in [4.69, 9.17) is 0 Å². The standard InChI is InChI=1S/C30H38N2O3/c1-3-4-14-28-22(2)31(20-19-23-10-6-5-7-11-23)30(35)32(28)21-24-15-17-25(18-16-24)26-12-8-9-13-27(26)29(33)34/h8-9,12-13,15-18,23H,3-7,10-11,14,19-21H2,1-2H3,(H,33,34). The summed E-state index contributed by atoms with van der Waals surface area (Å²) in [6.07, 6.45) is 10.8. The van der Waals surface area contributed by atoms with Gasteiger partial charge in [0.15, 0.2) is 0 Å². The fraction of sp³-hybridized carbons (Fsp3) is 0.467. The Labute approximate surface area is 208 Å². The van der Waals surface area contributed by atoms with Gasteiger partial charge in [-0.3, -0.25) is 9.13 Å². The Balaban J connectivity index is 1.58. The molecule has 0 atom stereocenters. The van der Waals surface area contributed by atoms with E-state index < -0.39 is 5.97 Å². The Morgan fingerprint density at radius 2 is 1.71 bits per heavy atom. The number of imidazole rings is 1. The van der Waals surface area contributed by atoms with Crippen molar-refractivity contribution in [2.24, 2.45) is 5.92 Å². The molecular formula is C30H38N2O3. The van der Waals surface area contributed by atoms with Crippen LogP contribution >= 0.6 is 0 Å². The Hall–Kier alpha value is -3.08. The highest BCUT2D eigenvalue weighted by Crippen LogP contribution is 2.27. The van der Waals surface area contributed by atoms with Crippen molar-refractivity contribution in [2.45, 2.75) is 84.7 Å². The summed E-state index contributed by atoms with van der Waals surface area (Å²) in [6, 6.07) is 15.0. The van der Waals surface area contributed by atoms with Gasteiger partial charge in [0, 0.05) is 17.9 Å². The van der Waals surface area contributed by atoms with E-state index in [1.807, 2.05) is 45.5 Å². The van der Waals surface area contributed by atoms with Crippen molar-refractivity contribution in [1.82, 2.24) is 9.13 Å². The summed E-state index contributed by atoms with van der Waals surface area (Å²) in [5.41, 5.74) is 5.29. The molecule has 1 saturated carbocycles. The number of rotatable bonds is 10. The lowest BCUT2D eigenvalue weighted by Crippen LogP contribution is -2.27. The molecule has 1 heterocycles. The van der Waals surface area contributed by atoms with E-state index in [0.717, 1.165) is 60.7 Å². The fourth-order valence-corrected chi connectivity index (χ4v) is 5.52. The molecule has 0 aliphatic heterocycles. The molecule has 0 spiro atoms. The molecule has 1 aromatic heterocycles. The van der Waals surface area contributed by atoms with E-state index in [9.17, 15) is 14.7 Å². The van der Waals surface area contributed by atoms with E-state index >= 15 is 0 Å². The summed E-state index contributed by atoms with van der Waals surface area (Å²) in [5.74, 6) is -0.180. The molecule has 0 bridgehead atoms. The molecule has 35 heavy (non-hydrogen) atoms. The average Bonchev–Trinajstić information content (AvgIpc) is 3.10. The summed E-state index contributed by atoms with van der Waals surface area (Å²) < 4.78 is 3.98. The van der Waals surface area contributed by atoms with E-state index in [0.29, 0.717) is 17.7 Å². The number of aromatic nitrogens is 2. The maximum Gasteiger partial charge on any atom is 0.336 e. The molecule has 1 aliphatic rings. The maximum absolute atomic E-state index is 13.5. The Morgan fingerprint density at radius 3 is 2.40 bits per heavy atom. The molecule has 0 radical (unpaired) electrons. The normalized spacial score (nSPS) is 14.3. The van der Waals surface area contributed by atoms with E-state index in [1.54, 1.807) is 12.1 Å². The van der Waals surface area contributed by atoms with Crippen molar-refractivity contribution in [2.75, 3.05) is 0 Å². The number of hydrogen-bond donors (Lipinski definition) is 1. The highest BCUT2D eigenvalue weighted by atomic mass is 16.4. The Kier molecular flexibility index (Phi) is 8.27. The molecule has 0 amide bonds. The van der Waals surface area contributed by atoms with Crippen LogP contribution in [0.1, 0.15) is 85.6 Å². The van der Waals surface area contributed by atoms with E-state index in [1.165, 1.54) is 32.1 Å². The number of hydrogen-bond acceptors (Lipinski definition) is 2. The molecule has 0 unspecified atom stereocenters. The number of unbranched alkanes of at least 4 members (excludes halogenated alkanes) is 1. The van der Waals surface area contributed by atoms with Crippen LogP contribution in [-0.4, -0.2) is 20.2 Å². The first-order chi connectivity index (χ1) is 17.0. The molecular weight excluding hydrogens is 436 g/mol. The minimum Gasteiger partial charge on any atom is -0.478 e. The summed E-state index contributed by atoms with van der Waals surface area (Å²) in [5, 5.41) is 9.52. The number of carboxylic acids is 1. The van der Waals surface area contributed by atoms with Gasteiger partial charge in [-0.2, -0.15) is 0 Å². The molecule has 5 heteroatoms. The molecule has 0 saturated heterocycles. The SMILES string of the molecule is CCCCc1c(C)n(CCC2CCCCC2)c(=O)n1Cc1ccc(-c2ccccc2C(=O)O)cc1. The summed E-state index contributed by atoms with van der Waals surface area (Å²) in [6.45, 7) is 5.64. The Morgan fingerprint density at radius 1 is 1.00 bits per heavy atom. The first kappa shape index (κ1) is 25.0. The monoisotopic (exact) mass is 474 g/mol. The van der Waals surface area contributed by atoms with Gasteiger partial charge in [0.1, 0.15) is 0 Å². The predicted molar refractivity (Wildman–Crippen MR) is 141 cm³/mol. The van der Waals surface area contributed by atoms with Gasteiger partial charge in [0.05, 0.1) is 12.1 Å². The minimum absolute atomic E-state index is 0.102. The van der Waals surface area contributed by atoms with Gasteiger partial charge in [0.2, 0.25) is 0 Å². The molecule has 1 fully saturated rings. The third-order valence-electron chi connectivity index (χ3n) is 7.63. The topological polar surface area (TPSA) is 64.2 Å². The number of aromatic carboxylic acids is 1. The van der Waals surface area contributed by atoms with Crippen molar-refractivity contribution in [3.8, 4) is 11.1 Å². The largest absolute Gasteiger partial charge is 0.478 e. The van der Waals surface area contributed by atoms with Crippen molar-refractivity contribution < 1.29 is 9.90 Å². The van der Waals surface area contributed by atoms with Crippen LogP contribution in [0, 0.1) is 12.8 Å². The maximum atomic E-state index is 13.5. The van der Waals surface area contributed by atoms with Gasteiger partial charge in [-0.25, -0.2) is 9.59 Å². The minimum atomic E-state index is -0.929. The highest BCUT2D eigenvalue weighted by Gasteiger charge is 2.19. The molecule has 1 aliphatic carbocycles. The first-order valence-corrected chi connectivity index (χ1v) is 13.2. The average molecular weight is 475 g/mol. The van der Waals surface area contributed by atoms with Crippen molar-refractivity contribution in [1.29, 1.82) is 0 Å². The fourth-order valence-electron chi connectivity index (χ4n) is 5.52. The lowest BCUT2D eigenvalue weighted by Gasteiger charge is -2.21. The highest BCUT2D eigenvalue weighted by molar-refractivity contribution is 5.95. The van der Waals surface area contributed by atoms with Crippen LogP contribution in [0.15, 0.2) is 53.3 Å². The zero-order valence-corrected chi connectivity index (χ0v) is 21.1. The molecule has 2 aromatic carbocycles. The van der Waals surface area contributed by atoms with Crippen molar-refractivity contribution in [3.63, 3.8) is 0 Å². The Bertz CT molecular complexity index is 1200. The van der Waals surface area contributed by atoms with Crippen molar-refractivity contribution in [3.05, 3.63) is 81.5 Å². The smallest absolute Gasteiger partial charge is 0.336 e. The molecule has 4 rings (SSSR count). The first-order valence-electron chi connectivity index (χ1n) is 13.2. The zero-order chi connectivity index (χ0) is 24.8. The number of carbonyl (C=O) groups is 1. The van der Waals surface area contributed by atoms with Gasteiger partial charge in [-0.05, 0) is 54.9 Å². The molecule has 5 nitrogen and oxygen atoms in total. The predicted octanol–water partition coefficient (Wildman–Crippen LogP) is 6.68. The van der Waals surface area contributed by atoms with Gasteiger partial charge in [-0.15, -0.1) is 0 Å². The number of carboxylic acid groups (broad SMARTS) is 1. The number of nitrogens with zero attached hydrogens (tertiary/aromatic N) is 2. The number of benzene rings is 2. The lowest BCUT2D eigenvalue weighted by atomic mass is 9.87. The third kappa shape index (κ3) is 5.77. The third-order valence-corrected chi connectivity index (χ3v) is 7.63. The van der Waals surface area contributed by atoms with Crippen LogP contribution in [0.25, 0.3) is 11.1 Å². The molecule has 186 valence electrons. The van der Waals surface area contributed by atoms with E-state index in [-0.39, 0.29) is 5.69 Å². The second kappa shape index (κ2) is 11.6. The summed E-state index contributed by atoms with van der Waals surface area (Å²) in [4.78, 5) is 25.1. The quantitative estimate of drug-likeness (QED) is 0.356. The van der Waals surface area contributed by atoms with Crippen LogP contribution in [-0.2, 0) is 19.5 Å². The van der Waals surface area contributed by atoms with Gasteiger partial charge >= 0.3 is 11.7 Å². The zero-order valence-electron chi connectivity index (χ0n) is 21.1. The van der Waals surface area contributed by atoms with E-state index in [2.05, 4.69) is 13.8 Å². The van der Waals surface area contributed by atoms with Crippen molar-refractivity contribution >= 4 is 5.97 Å². The van der Waals surface area contributed by atoms with Crippen LogP contribution in [0.5, 0.6) is 0 Å².